The highest BCUT2D eigenvalue weighted by Gasteiger charge is 2.09. The van der Waals surface area contributed by atoms with E-state index in [1.807, 2.05) is 0 Å². The van der Waals surface area contributed by atoms with Gasteiger partial charge in [-0.15, -0.1) is 0 Å². The van der Waals surface area contributed by atoms with Gasteiger partial charge in [0.1, 0.15) is 0 Å². The van der Waals surface area contributed by atoms with Crippen LogP contribution in [0.1, 0.15) is 16.8 Å². The summed E-state index contributed by atoms with van der Waals surface area (Å²) in [5.74, 6) is -1.07. The number of ether oxygens (including phenoxy) is 1. The van der Waals surface area contributed by atoms with E-state index in [4.69, 9.17) is 22.1 Å². The Morgan fingerprint density at radius 2 is 2.20 bits per heavy atom. The van der Waals surface area contributed by atoms with Crippen LogP contribution in [0.4, 0.5) is 15.8 Å². The summed E-state index contributed by atoms with van der Waals surface area (Å²) >= 11 is 5.90. The second-order valence-corrected chi connectivity index (χ2v) is 5.52. The van der Waals surface area contributed by atoms with Gasteiger partial charge in [-0.3, -0.25) is 9.78 Å². The molecule has 1 aromatic heterocycles. The zero-order chi connectivity index (χ0) is 18.4. The van der Waals surface area contributed by atoms with Crippen molar-refractivity contribution in [3.8, 4) is 0 Å². The molecular weight excluding hydrogens is 345 g/mol. The molecule has 2 aromatic rings. The van der Waals surface area contributed by atoms with Crippen molar-refractivity contribution < 1.29 is 13.9 Å². The molecule has 0 aliphatic rings. The monoisotopic (exact) mass is 361 g/mol. The Morgan fingerprint density at radius 1 is 1.48 bits per heavy atom. The summed E-state index contributed by atoms with van der Waals surface area (Å²) < 4.78 is 19.2. The maximum Gasteiger partial charge on any atom is 0.248 e. The summed E-state index contributed by atoms with van der Waals surface area (Å²) in [6.07, 6.45) is 5.45. The molecule has 0 aliphatic heterocycles. The number of pyridine rings is 1. The van der Waals surface area contributed by atoms with Gasteiger partial charge in [-0.05, 0) is 17.7 Å². The second-order valence-electron chi connectivity index (χ2n) is 5.08. The van der Waals surface area contributed by atoms with Gasteiger partial charge in [-0.2, -0.15) is 0 Å². The minimum atomic E-state index is -0.606. The molecule has 7 heteroatoms. The Kier molecular flexibility index (Phi) is 6.27. The van der Waals surface area contributed by atoms with E-state index in [0.29, 0.717) is 22.0 Å². The molecule has 0 atom stereocenters. The number of carbonyl (C=O) groups excluding carboxylic acids is 1. The molecule has 3 N–H and O–H groups in total. The molecule has 0 unspecified atom stereocenters. The number of methoxy groups -OCH3 is 1. The lowest BCUT2D eigenvalue weighted by molar-refractivity contribution is -0.111. The fraction of sp³-hybridized carbons (Fsp3) is 0.111. The highest BCUT2D eigenvalue weighted by Crippen LogP contribution is 2.22. The van der Waals surface area contributed by atoms with Crippen LogP contribution in [-0.2, 0) is 16.1 Å². The third-order valence-corrected chi connectivity index (χ3v) is 3.56. The highest BCUT2D eigenvalue weighted by atomic mass is 35.5. The van der Waals surface area contributed by atoms with Crippen LogP contribution in [-0.4, -0.2) is 18.0 Å². The van der Waals surface area contributed by atoms with Crippen LogP contribution in [0, 0.1) is 5.82 Å². The van der Waals surface area contributed by atoms with E-state index in [9.17, 15) is 9.18 Å². The molecule has 0 aliphatic carbocycles. The number of amides is 1. The Labute approximate surface area is 150 Å². The van der Waals surface area contributed by atoms with Gasteiger partial charge in [-0.1, -0.05) is 36.4 Å². The van der Waals surface area contributed by atoms with Crippen LogP contribution >= 0.6 is 11.6 Å². The number of nitrogens with one attached hydrogen (secondary N) is 1. The van der Waals surface area contributed by atoms with Gasteiger partial charge in [0.05, 0.1) is 28.7 Å². The molecule has 0 fully saturated rings. The Bertz CT molecular complexity index is 837. The first kappa shape index (κ1) is 18.6. The molecule has 2 rings (SSSR count). The molecule has 1 aromatic carbocycles. The minimum absolute atomic E-state index is 0.0148. The number of halogens is 2. The summed E-state index contributed by atoms with van der Waals surface area (Å²) in [5, 5.41) is 3.01. The van der Waals surface area contributed by atoms with Gasteiger partial charge < -0.3 is 15.8 Å². The summed E-state index contributed by atoms with van der Waals surface area (Å²) in [7, 11) is 1.52. The number of aromatic nitrogens is 1. The molecule has 5 nitrogen and oxygen atoms in total. The molecule has 25 heavy (non-hydrogen) atoms. The van der Waals surface area contributed by atoms with Gasteiger partial charge in [0, 0.05) is 24.9 Å². The van der Waals surface area contributed by atoms with Crippen molar-refractivity contribution in [2.75, 3.05) is 18.2 Å². The van der Waals surface area contributed by atoms with Crippen LogP contribution in [0.5, 0.6) is 0 Å². The van der Waals surface area contributed by atoms with Crippen molar-refractivity contribution in [3.63, 3.8) is 0 Å². The summed E-state index contributed by atoms with van der Waals surface area (Å²) in [4.78, 5) is 16.2. The Morgan fingerprint density at radius 3 is 2.88 bits per heavy atom. The number of nitrogens with zero attached hydrogens (tertiary/aromatic N) is 1. The standard InChI is InChI=1S/C18H17ClFN3O2/c1-3-11-4-5-12(17(20)18(11)21)6-7-16(24)23-14-8-13(19)9-22-15(14)10-25-2/h3-9H,1,10,21H2,2H3,(H,23,24)/b7-6+. The normalized spacial score (nSPS) is 10.8. The van der Waals surface area contributed by atoms with E-state index in [1.165, 1.54) is 37.6 Å². The molecule has 0 spiro atoms. The zero-order valence-electron chi connectivity index (χ0n) is 13.6. The number of hydrogen-bond donors (Lipinski definition) is 2. The molecule has 0 saturated carbocycles. The molecule has 1 heterocycles. The van der Waals surface area contributed by atoms with Crippen molar-refractivity contribution >= 4 is 41.0 Å². The predicted octanol–water partition coefficient (Wildman–Crippen LogP) is 3.90. The third kappa shape index (κ3) is 4.65. The summed E-state index contributed by atoms with van der Waals surface area (Å²) in [5.41, 5.74) is 7.30. The van der Waals surface area contributed by atoms with Crippen LogP contribution < -0.4 is 11.1 Å². The largest absolute Gasteiger partial charge is 0.396 e. The minimum Gasteiger partial charge on any atom is -0.396 e. The van der Waals surface area contributed by atoms with Gasteiger partial charge in [-0.25, -0.2) is 4.39 Å². The maximum atomic E-state index is 14.1. The first-order valence-corrected chi connectivity index (χ1v) is 7.67. The van der Waals surface area contributed by atoms with Crippen LogP contribution in [0.15, 0.2) is 37.1 Å². The van der Waals surface area contributed by atoms with Crippen molar-refractivity contribution in [2.45, 2.75) is 6.61 Å². The van der Waals surface area contributed by atoms with Crippen LogP contribution in [0.2, 0.25) is 5.02 Å². The summed E-state index contributed by atoms with van der Waals surface area (Å²) in [6, 6.07) is 4.70. The lowest BCUT2D eigenvalue weighted by atomic mass is 10.1. The average Bonchev–Trinajstić information content (AvgIpc) is 2.59. The maximum absolute atomic E-state index is 14.1. The van der Waals surface area contributed by atoms with Gasteiger partial charge >= 0.3 is 0 Å². The van der Waals surface area contributed by atoms with Crippen LogP contribution in [0.25, 0.3) is 12.2 Å². The second kappa shape index (κ2) is 8.41. The molecule has 0 radical (unpaired) electrons. The molecule has 0 saturated heterocycles. The first-order chi connectivity index (χ1) is 12.0. The Hall–Kier alpha value is -2.70. The van der Waals surface area contributed by atoms with Crippen molar-refractivity contribution in [1.82, 2.24) is 4.98 Å². The van der Waals surface area contributed by atoms with E-state index in [1.54, 1.807) is 12.1 Å². The number of hydrogen-bond acceptors (Lipinski definition) is 4. The molecule has 0 bridgehead atoms. The highest BCUT2D eigenvalue weighted by molar-refractivity contribution is 6.30. The fourth-order valence-corrected chi connectivity index (χ4v) is 2.26. The van der Waals surface area contributed by atoms with Crippen LogP contribution in [0.3, 0.4) is 0 Å². The van der Waals surface area contributed by atoms with Crippen molar-refractivity contribution in [2.24, 2.45) is 0 Å². The molecular formula is C18H17ClFN3O2. The smallest absolute Gasteiger partial charge is 0.248 e. The number of nitrogens with two attached hydrogens (primary N) is 1. The average molecular weight is 362 g/mol. The number of benzene rings is 1. The third-order valence-electron chi connectivity index (χ3n) is 3.35. The lowest BCUT2D eigenvalue weighted by Crippen LogP contribution is -2.11. The quantitative estimate of drug-likeness (QED) is 0.604. The Balaban J connectivity index is 2.18. The summed E-state index contributed by atoms with van der Waals surface area (Å²) in [6.45, 7) is 3.77. The topological polar surface area (TPSA) is 77.2 Å². The number of nitrogen functional groups attached to an aromatic ring is 1. The first-order valence-electron chi connectivity index (χ1n) is 7.29. The van der Waals surface area contributed by atoms with Gasteiger partial charge in [0.25, 0.3) is 0 Å². The van der Waals surface area contributed by atoms with Gasteiger partial charge in [0.2, 0.25) is 5.91 Å². The zero-order valence-corrected chi connectivity index (χ0v) is 14.3. The molecule has 1 amide bonds. The number of anilines is 2. The van der Waals surface area contributed by atoms with Crippen molar-refractivity contribution in [3.05, 3.63) is 64.7 Å². The number of carbonyl (C=O) groups is 1. The SMILES string of the molecule is C=Cc1ccc(/C=C/C(=O)Nc2cc(Cl)cnc2COC)c(F)c1N. The van der Waals surface area contributed by atoms with Gasteiger partial charge in [0.15, 0.2) is 5.82 Å². The van der Waals surface area contributed by atoms with E-state index in [-0.39, 0.29) is 17.9 Å². The van der Waals surface area contributed by atoms with E-state index in [0.717, 1.165) is 0 Å². The van der Waals surface area contributed by atoms with E-state index < -0.39 is 11.7 Å². The predicted molar refractivity (Wildman–Crippen MR) is 98.5 cm³/mol. The lowest BCUT2D eigenvalue weighted by Gasteiger charge is -2.09. The number of rotatable bonds is 6. The fourth-order valence-electron chi connectivity index (χ4n) is 2.10. The van der Waals surface area contributed by atoms with E-state index >= 15 is 0 Å². The molecule has 130 valence electrons. The van der Waals surface area contributed by atoms with E-state index in [2.05, 4.69) is 16.9 Å². The van der Waals surface area contributed by atoms with Crippen molar-refractivity contribution in [1.29, 1.82) is 0 Å².